The number of benzene rings is 1. The number of amides is 6. The molecule has 6 amide bonds. The van der Waals surface area contributed by atoms with E-state index in [0.717, 1.165) is 54.7 Å². The number of carbonyl (C=O) groups excluding carboxylic acids is 9. The van der Waals surface area contributed by atoms with Gasteiger partial charge >= 0.3 is 5.97 Å². The number of thiazole rings is 1. The number of nitrogens with two attached hydrogens (primary N) is 2. The molecule has 0 radical (unpaired) electrons. The van der Waals surface area contributed by atoms with Gasteiger partial charge in [-0.25, -0.2) is 4.98 Å². The van der Waals surface area contributed by atoms with Crippen LogP contribution in [0.3, 0.4) is 0 Å². The van der Waals surface area contributed by atoms with Gasteiger partial charge in [0, 0.05) is 87.7 Å². The van der Waals surface area contributed by atoms with Crippen molar-refractivity contribution in [3.8, 4) is 0 Å². The van der Waals surface area contributed by atoms with Crippen LogP contribution in [0.25, 0.3) is 0 Å². The number of nitrogens with one attached hydrogen (secondary N) is 2. The van der Waals surface area contributed by atoms with E-state index in [-0.39, 0.29) is 97.4 Å². The van der Waals surface area contributed by atoms with Crippen molar-refractivity contribution in [2.45, 2.75) is 175 Å². The maximum atomic E-state index is 14.4. The molecule has 0 aliphatic carbocycles. The molecule has 18 nitrogen and oxygen atoms in total. The molecule has 0 bridgehead atoms. The Morgan fingerprint density at radius 2 is 1.59 bits per heavy atom. The maximum Gasteiger partial charge on any atom is 0.303 e. The number of primary amides is 1. The zero-order valence-electron chi connectivity index (χ0n) is 45.6. The minimum Gasteiger partial charge on any atom is -0.455 e. The minimum absolute atomic E-state index is 0.0410. The Morgan fingerprint density at radius 3 is 2.20 bits per heavy atom. The molecule has 19 heteroatoms. The van der Waals surface area contributed by atoms with Crippen LogP contribution in [-0.2, 0) is 55.9 Å². The molecule has 2 aliphatic rings. The van der Waals surface area contributed by atoms with Crippen LogP contribution < -0.4 is 22.1 Å². The molecule has 4 rings (SSSR count). The third-order valence-electron chi connectivity index (χ3n) is 14.8. The molecular weight excluding hydrogens is 977 g/mol. The lowest BCUT2D eigenvalue weighted by atomic mass is 9.83. The number of likely N-dealkylation sites (tertiary alicyclic amines) is 1. The fourth-order valence-corrected chi connectivity index (χ4v) is 10.8. The standard InChI is InChI=1S/C56H84N8O10S/c1-9-36(4)42(32-48(67)45-18-13-16-27-62(45)7)56(73)63(8)46(35(2)3)33-49(74-38(6)65)55-61-44(34-75-55)54(72)59-41(29-37(5)53(58)71)30-39-20-22-40(23-21-39)31-47(66)43(17-12-14-26-57)60-50(68)19-11-10-15-28-64-51(69)24-25-52(64)70/h20-25,34-37,41-43,45-46,49H,9-19,26-33,57H2,1-8H3,(H2,58,71)(H,59,72)(H,60,68)/t36-,37?,41+,42-,43-,45+,46+,49+/m0/s1. The van der Waals surface area contributed by atoms with E-state index in [1.807, 2.05) is 59.0 Å². The second-order valence-electron chi connectivity index (χ2n) is 21.1. The summed E-state index contributed by atoms with van der Waals surface area (Å²) in [5.41, 5.74) is 13.0. The van der Waals surface area contributed by atoms with Crippen molar-refractivity contribution in [2.75, 3.05) is 33.7 Å². The highest BCUT2D eigenvalue weighted by atomic mass is 32.1. The van der Waals surface area contributed by atoms with Crippen LogP contribution in [0.1, 0.15) is 164 Å². The Bertz CT molecular complexity index is 2280. The summed E-state index contributed by atoms with van der Waals surface area (Å²) in [6.45, 7) is 12.6. The van der Waals surface area contributed by atoms with Crippen LogP contribution in [0.4, 0.5) is 0 Å². The molecule has 1 aromatic carbocycles. The van der Waals surface area contributed by atoms with Crippen LogP contribution in [0.2, 0.25) is 0 Å². The summed E-state index contributed by atoms with van der Waals surface area (Å²) in [7, 11) is 3.71. The molecule has 0 saturated carbocycles. The average molecular weight is 1060 g/mol. The van der Waals surface area contributed by atoms with E-state index in [1.165, 1.54) is 24.0 Å². The number of imide groups is 1. The summed E-state index contributed by atoms with van der Waals surface area (Å²) in [5, 5.41) is 7.91. The predicted octanol–water partition coefficient (Wildman–Crippen LogP) is 5.79. The number of unbranched alkanes of at least 4 members (excludes halogenated alkanes) is 3. The fourth-order valence-electron chi connectivity index (χ4n) is 9.97. The summed E-state index contributed by atoms with van der Waals surface area (Å²) in [6, 6.07) is 5.50. The van der Waals surface area contributed by atoms with Gasteiger partial charge in [-0.1, -0.05) is 78.1 Å². The number of esters is 1. The van der Waals surface area contributed by atoms with Gasteiger partial charge in [0.05, 0.1) is 12.1 Å². The number of ether oxygens (including phenoxy) is 1. The van der Waals surface area contributed by atoms with Gasteiger partial charge in [0.1, 0.15) is 10.7 Å². The van der Waals surface area contributed by atoms with Gasteiger partial charge in [-0.3, -0.25) is 53.0 Å². The van der Waals surface area contributed by atoms with Crippen molar-refractivity contribution in [1.29, 1.82) is 0 Å². The first-order valence-electron chi connectivity index (χ1n) is 27.0. The lowest BCUT2D eigenvalue weighted by molar-refractivity contribution is -0.149. The number of likely N-dealkylation sites (N-methyl/N-ethyl adjacent to an activating group) is 1. The van der Waals surface area contributed by atoms with Gasteiger partial charge in [-0.2, -0.15) is 0 Å². The number of Topliss-reactive ketones (excluding diaryl/α,β-unsaturated/α-hetero) is 2. The number of hydrogen-bond acceptors (Lipinski definition) is 14. The van der Waals surface area contributed by atoms with Crippen LogP contribution in [0.15, 0.2) is 41.8 Å². The minimum atomic E-state index is -0.882. The highest BCUT2D eigenvalue weighted by molar-refractivity contribution is 7.09. The summed E-state index contributed by atoms with van der Waals surface area (Å²) in [6.07, 6.45) is 9.86. The van der Waals surface area contributed by atoms with Gasteiger partial charge in [0.2, 0.25) is 17.7 Å². The second-order valence-corrected chi connectivity index (χ2v) is 22.0. The molecule has 1 saturated heterocycles. The Hall–Kier alpha value is -5.66. The van der Waals surface area contributed by atoms with E-state index in [1.54, 1.807) is 24.3 Å². The maximum absolute atomic E-state index is 14.4. The average Bonchev–Trinajstić information content (AvgIpc) is 3.99. The highest BCUT2D eigenvalue weighted by Crippen LogP contribution is 2.33. The zero-order chi connectivity index (χ0) is 55.4. The first-order chi connectivity index (χ1) is 35.6. The third kappa shape index (κ3) is 19.5. The summed E-state index contributed by atoms with van der Waals surface area (Å²) < 4.78 is 5.85. The number of nitrogens with zero attached hydrogens (tertiary/aromatic N) is 4. The molecule has 414 valence electrons. The molecule has 2 aliphatic heterocycles. The first kappa shape index (κ1) is 61.9. The molecule has 1 fully saturated rings. The van der Waals surface area contributed by atoms with E-state index < -0.39 is 53.8 Å². The molecule has 6 N–H and O–H groups in total. The third-order valence-corrected chi connectivity index (χ3v) is 15.8. The van der Waals surface area contributed by atoms with Crippen LogP contribution in [0, 0.1) is 23.7 Å². The largest absolute Gasteiger partial charge is 0.455 e. The molecule has 1 aromatic heterocycles. The molecule has 2 aromatic rings. The van der Waals surface area contributed by atoms with Crippen LogP contribution >= 0.6 is 11.3 Å². The first-order valence-corrected chi connectivity index (χ1v) is 27.9. The van der Waals surface area contributed by atoms with E-state index in [9.17, 15) is 43.2 Å². The van der Waals surface area contributed by atoms with Crippen molar-refractivity contribution in [2.24, 2.45) is 35.1 Å². The zero-order valence-corrected chi connectivity index (χ0v) is 46.4. The molecule has 75 heavy (non-hydrogen) atoms. The Kier molecular flexibility index (Phi) is 25.4. The number of piperidine rings is 1. The Labute approximate surface area is 447 Å². The Morgan fingerprint density at radius 1 is 0.907 bits per heavy atom. The van der Waals surface area contributed by atoms with Crippen LogP contribution in [0.5, 0.6) is 0 Å². The topological polar surface area (TPSA) is 262 Å². The van der Waals surface area contributed by atoms with Crippen molar-refractivity contribution < 1.29 is 47.9 Å². The van der Waals surface area contributed by atoms with Gasteiger partial charge in [0.25, 0.3) is 17.7 Å². The predicted molar refractivity (Wildman–Crippen MR) is 288 cm³/mol. The normalized spacial score (nSPS) is 17.7. The summed E-state index contributed by atoms with van der Waals surface area (Å²) >= 11 is 1.16. The summed E-state index contributed by atoms with van der Waals surface area (Å²) in [4.78, 5) is 127. The summed E-state index contributed by atoms with van der Waals surface area (Å²) in [5.74, 6) is -3.90. The number of rotatable bonds is 33. The smallest absolute Gasteiger partial charge is 0.303 e. The SMILES string of the molecule is CC[C@H](C)[C@H](CC(=O)[C@H]1CCCCN1C)C(=O)N(C)[C@H](C[C@@H](OC(C)=O)c1nc(C(=O)N[C@@H](Cc2ccc(CC(=O)[C@H](CCCCN)NC(=O)CCCCCN3C(=O)C=CC3=O)cc2)CC(C)C(N)=O)cs1)C(C)C. The number of carbonyl (C=O) groups is 9. The molecule has 0 spiro atoms. The molecule has 1 unspecified atom stereocenters. The number of hydrogen-bond donors (Lipinski definition) is 4. The van der Waals surface area contributed by atoms with Crippen molar-refractivity contribution >= 4 is 64.3 Å². The van der Waals surface area contributed by atoms with Gasteiger partial charge < -0.3 is 31.7 Å². The highest BCUT2D eigenvalue weighted by Gasteiger charge is 2.38. The fraction of sp³-hybridized carbons (Fsp3) is 0.643. The lowest BCUT2D eigenvalue weighted by Gasteiger charge is -2.37. The molecule has 3 heterocycles. The number of aromatic nitrogens is 1. The van der Waals surface area contributed by atoms with E-state index >= 15 is 0 Å². The monoisotopic (exact) mass is 1060 g/mol. The molecule has 8 atom stereocenters. The van der Waals surface area contributed by atoms with E-state index in [0.29, 0.717) is 56.5 Å². The van der Waals surface area contributed by atoms with Crippen molar-refractivity contribution in [1.82, 2.24) is 30.3 Å². The van der Waals surface area contributed by atoms with Crippen molar-refractivity contribution in [3.63, 3.8) is 0 Å². The quantitative estimate of drug-likeness (QED) is 0.0375. The van der Waals surface area contributed by atoms with Crippen LogP contribution in [-0.4, -0.2) is 131 Å². The van der Waals surface area contributed by atoms with Gasteiger partial charge in [-0.05, 0) is 101 Å². The van der Waals surface area contributed by atoms with E-state index in [4.69, 9.17) is 16.2 Å². The van der Waals surface area contributed by atoms with E-state index in [2.05, 4.69) is 20.5 Å². The lowest BCUT2D eigenvalue weighted by Crippen LogP contribution is -2.48. The second kappa shape index (κ2) is 30.8. The van der Waals surface area contributed by atoms with Gasteiger partial charge in [-0.15, -0.1) is 11.3 Å². The van der Waals surface area contributed by atoms with Crippen molar-refractivity contribution in [3.05, 3.63) is 63.6 Å². The molecular formula is C56H84N8O10S. The van der Waals surface area contributed by atoms with Gasteiger partial charge in [0.15, 0.2) is 17.7 Å². The number of ketones is 2. The Balaban J connectivity index is 1.42.